The minimum absolute atomic E-state index is 0.409. The van der Waals surface area contributed by atoms with Crippen LogP contribution in [0.3, 0.4) is 0 Å². The Bertz CT molecular complexity index is 608. The molecule has 0 spiro atoms. The molecule has 0 amide bonds. The molecule has 1 N–H and O–H groups in total. The van der Waals surface area contributed by atoms with Crippen LogP contribution in [-0.4, -0.2) is 29.1 Å². The third-order valence-corrected chi connectivity index (χ3v) is 4.49. The lowest BCUT2D eigenvalue weighted by Gasteiger charge is -2.27. The summed E-state index contributed by atoms with van der Waals surface area (Å²) in [6.07, 6.45) is 3.28. The highest BCUT2D eigenvalue weighted by atomic mass is 16.4. The molecule has 0 radical (unpaired) electrons. The molecule has 2 atom stereocenters. The molecule has 0 aliphatic carbocycles. The first kappa shape index (κ1) is 13.9. The van der Waals surface area contributed by atoms with Crippen molar-refractivity contribution in [2.75, 3.05) is 13.1 Å². The quantitative estimate of drug-likeness (QED) is 0.938. The average Bonchev–Trinajstić information content (AvgIpc) is 3.09. The van der Waals surface area contributed by atoms with Crippen LogP contribution in [0.4, 0.5) is 0 Å². The van der Waals surface area contributed by atoms with Gasteiger partial charge in [-0.25, -0.2) is 0 Å². The van der Waals surface area contributed by atoms with Gasteiger partial charge in [-0.05, 0) is 17.2 Å². The summed E-state index contributed by atoms with van der Waals surface area (Å²) in [7, 11) is 0. The molecule has 1 fully saturated rings. The number of aliphatic carboxylic acids is 1. The van der Waals surface area contributed by atoms with E-state index in [2.05, 4.69) is 17.0 Å². The monoisotopic (exact) mass is 285 g/mol. The number of likely N-dealkylation sites (tertiary alicyclic amines) is 1. The van der Waals surface area contributed by atoms with E-state index in [9.17, 15) is 9.90 Å². The summed E-state index contributed by atoms with van der Waals surface area (Å²) in [6, 6.07) is 12.0. The maximum absolute atomic E-state index is 11.7. The molecular weight excluding hydrogens is 266 g/mol. The third kappa shape index (κ3) is 2.59. The lowest BCUT2D eigenvalue weighted by atomic mass is 9.75. The average molecular weight is 285 g/mol. The summed E-state index contributed by atoms with van der Waals surface area (Å²) in [5.41, 5.74) is 1.76. The number of carbonyl (C=O) groups is 1. The van der Waals surface area contributed by atoms with E-state index in [1.807, 2.05) is 31.2 Å². The molecule has 21 heavy (non-hydrogen) atoms. The molecule has 110 valence electrons. The number of nitrogens with zero attached hydrogens (tertiary/aromatic N) is 1. The van der Waals surface area contributed by atoms with Gasteiger partial charge in [-0.3, -0.25) is 9.69 Å². The molecule has 2 unspecified atom stereocenters. The molecule has 1 aromatic carbocycles. The van der Waals surface area contributed by atoms with E-state index in [1.165, 1.54) is 5.56 Å². The minimum atomic E-state index is -0.741. The van der Waals surface area contributed by atoms with Gasteiger partial charge < -0.3 is 9.52 Å². The molecule has 4 nitrogen and oxygen atoms in total. The molecule has 1 saturated heterocycles. The Kier molecular flexibility index (Phi) is 3.55. The zero-order valence-electron chi connectivity index (χ0n) is 12.0. The highest BCUT2D eigenvalue weighted by Crippen LogP contribution is 2.40. The van der Waals surface area contributed by atoms with Gasteiger partial charge in [-0.1, -0.05) is 37.3 Å². The Morgan fingerprint density at radius 2 is 2.14 bits per heavy atom. The first-order chi connectivity index (χ1) is 10.1. The van der Waals surface area contributed by atoms with Crippen LogP contribution < -0.4 is 0 Å². The van der Waals surface area contributed by atoms with Gasteiger partial charge in [0.25, 0.3) is 0 Å². The second-order valence-electron chi connectivity index (χ2n) is 5.98. The van der Waals surface area contributed by atoms with Gasteiger partial charge in [0.05, 0.1) is 18.4 Å². The van der Waals surface area contributed by atoms with Gasteiger partial charge in [-0.2, -0.15) is 0 Å². The third-order valence-electron chi connectivity index (χ3n) is 4.49. The molecule has 2 heterocycles. The molecule has 2 aromatic rings. The normalized spacial score (nSPS) is 26.0. The van der Waals surface area contributed by atoms with Crippen LogP contribution in [0.1, 0.15) is 18.1 Å². The Morgan fingerprint density at radius 3 is 2.76 bits per heavy atom. The van der Waals surface area contributed by atoms with Crippen LogP contribution in [-0.2, 0) is 16.8 Å². The van der Waals surface area contributed by atoms with Gasteiger partial charge in [0, 0.05) is 25.0 Å². The van der Waals surface area contributed by atoms with E-state index in [4.69, 9.17) is 4.42 Å². The van der Waals surface area contributed by atoms with E-state index in [-0.39, 0.29) is 0 Å². The molecule has 1 aliphatic rings. The highest BCUT2D eigenvalue weighted by molar-refractivity contribution is 5.73. The van der Waals surface area contributed by atoms with Crippen molar-refractivity contribution in [3.63, 3.8) is 0 Å². The largest absolute Gasteiger partial charge is 0.481 e. The van der Waals surface area contributed by atoms with Crippen molar-refractivity contribution in [1.29, 1.82) is 0 Å². The molecule has 3 rings (SSSR count). The zero-order valence-corrected chi connectivity index (χ0v) is 12.0. The van der Waals surface area contributed by atoms with Crippen LogP contribution in [0, 0.1) is 5.92 Å². The van der Waals surface area contributed by atoms with E-state index in [0.717, 1.165) is 18.7 Å². The minimum Gasteiger partial charge on any atom is -0.481 e. The van der Waals surface area contributed by atoms with E-state index in [1.54, 1.807) is 12.5 Å². The lowest BCUT2D eigenvalue weighted by Crippen LogP contribution is -2.35. The molecule has 1 aliphatic heterocycles. The Morgan fingerprint density at radius 1 is 1.38 bits per heavy atom. The van der Waals surface area contributed by atoms with Crippen LogP contribution in [0.5, 0.6) is 0 Å². The van der Waals surface area contributed by atoms with Gasteiger partial charge in [0.1, 0.15) is 0 Å². The highest BCUT2D eigenvalue weighted by Gasteiger charge is 2.48. The maximum Gasteiger partial charge on any atom is 0.308 e. The molecule has 4 heteroatoms. The summed E-state index contributed by atoms with van der Waals surface area (Å²) in [6.45, 7) is 4.07. The van der Waals surface area contributed by atoms with Crippen molar-refractivity contribution in [1.82, 2.24) is 4.90 Å². The number of hydrogen-bond donors (Lipinski definition) is 1. The van der Waals surface area contributed by atoms with Crippen LogP contribution in [0.2, 0.25) is 0 Å². The fourth-order valence-electron chi connectivity index (χ4n) is 3.29. The smallest absolute Gasteiger partial charge is 0.308 e. The summed E-state index contributed by atoms with van der Waals surface area (Å²) in [4.78, 5) is 13.9. The predicted molar refractivity (Wildman–Crippen MR) is 78.9 cm³/mol. The summed E-state index contributed by atoms with van der Waals surface area (Å²) in [5.74, 6) is -1.16. The zero-order chi connectivity index (χ0) is 14.9. The number of rotatable bonds is 4. The second-order valence-corrected chi connectivity index (χ2v) is 5.98. The predicted octanol–water partition coefficient (Wildman–Crippen LogP) is 2.75. The summed E-state index contributed by atoms with van der Waals surface area (Å²) in [5, 5.41) is 9.57. The van der Waals surface area contributed by atoms with E-state index < -0.39 is 17.3 Å². The lowest BCUT2D eigenvalue weighted by molar-refractivity contribution is -0.142. The second kappa shape index (κ2) is 5.37. The van der Waals surface area contributed by atoms with E-state index in [0.29, 0.717) is 6.54 Å². The number of benzene rings is 1. The van der Waals surface area contributed by atoms with Gasteiger partial charge in [0.2, 0.25) is 0 Å². The SMILES string of the molecule is CC1(c2ccoc2)CN(Cc2ccccc2)CC1C(=O)O. The Labute approximate surface area is 124 Å². The van der Waals surface area contributed by atoms with Crippen LogP contribution in [0.25, 0.3) is 0 Å². The Hall–Kier alpha value is -2.07. The van der Waals surface area contributed by atoms with Gasteiger partial charge in [-0.15, -0.1) is 0 Å². The number of carboxylic acid groups (broad SMARTS) is 1. The van der Waals surface area contributed by atoms with Crippen molar-refractivity contribution in [3.05, 3.63) is 60.1 Å². The first-order valence-corrected chi connectivity index (χ1v) is 7.11. The fraction of sp³-hybridized carbons (Fsp3) is 0.353. The standard InChI is InChI=1S/C17H19NO3/c1-17(14-7-8-21-11-14)12-18(10-15(17)16(19)20)9-13-5-3-2-4-6-13/h2-8,11,15H,9-10,12H2,1H3,(H,19,20). The molecular formula is C17H19NO3. The summed E-state index contributed by atoms with van der Waals surface area (Å²) >= 11 is 0. The summed E-state index contributed by atoms with van der Waals surface area (Å²) < 4.78 is 5.16. The van der Waals surface area contributed by atoms with Crippen molar-refractivity contribution < 1.29 is 14.3 Å². The molecule has 1 aromatic heterocycles. The van der Waals surface area contributed by atoms with Crippen molar-refractivity contribution in [2.45, 2.75) is 18.9 Å². The maximum atomic E-state index is 11.7. The molecule has 0 saturated carbocycles. The number of hydrogen-bond acceptors (Lipinski definition) is 3. The van der Waals surface area contributed by atoms with Crippen molar-refractivity contribution in [2.24, 2.45) is 5.92 Å². The Balaban J connectivity index is 1.83. The number of furan rings is 1. The van der Waals surface area contributed by atoms with Gasteiger partial charge >= 0.3 is 5.97 Å². The fourth-order valence-corrected chi connectivity index (χ4v) is 3.29. The van der Waals surface area contributed by atoms with Crippen LogP contribution >= 0.6 is 0 Å². The van der Waals surface area contributed by atoms with Crippen molar-refractivity contribution in [3.8, 4) is 0 Å². The van der Waals surface area contributed by atoms with E-state index >= 15 is 0 Å². The molecule has 0 bridgehead atoms. The number of carboxylic acids is 1. The van der Waals surface area contributed by atoms with Gasteiger partial charge in [0.15, 0.2) is 0 Å². The van der Waals surface area contributed by atoms with Crippen LogP contribution in [0.15, 0.2) is 53.3 Å². The topological polar surface area (TPSA) is 53.7 Å². The van der Waals surface area contributed by atoms with Crippen molar-refractivity contribution >= 4 is 5.97 Å². The first-order valence-electron chi connectivity index (χ1n) is 7.11.